The Bertz CT molecular complexity index is 2690. The van der Waals surface area contributed by atoms with Crippen molar-refractivity contribution in [2.24, 2.45) is 0 Å². The molecule has 75 heteroatoms. The van der Waals surface area contributed by atoms with E-state index in [1.807, 2.05) is 0 Å². The van der Waals surface area contributed by atoms with E-state index in [1.165, 1.54) is 60.4 Å². The first kappa shape index (κ1) is 97.3. The molecule has 0 aliphatic heterocycles. The average Bonchev–Trinajstić information content (AvgIpc) is 3.41. The van der Waals surface area contributed by atoms with Gasteiger partial charge in [-0.25, -0.2) is 0 Å². The fourth-order valence-electron chi connectivity index (χ4n) is 1.27. The standard InChI is InChI=1S/H2OP74/c1-75(3)74-73-72-71-70-69-68-67-66-65-64-63-62-61-60-59-58-57-56-55-54-53-52-51-50-49-48-47-46-45-44-43-42-41-40-39-38-37-36-35-34-33-32-31-30-29-28-27-26-25-24-23-22-21-20-19-18-17-16-15-14-13-12-11-10-9-8-7-6-5-4-2/h1-2H. The molecule has 1 unspecified atom stereocenters. The predicted octanol–water partition coefficient (Wildman–Crippen LogP) is 62.9. The molecular formula is H2OP74. The molecule has 0 bridgehead atoms. The Balaban J connectivity index is 4.10. The molecule has 0 saturated heterocycles. The van der Waals surface area contributed by atoms with E-state index < -0.39 is 6.94 Å². The molecule has 1 atom stereocenters. The summed E-state index contributed by atoms with van der Waals surface area (Å²) in [6.45, 7) is -1.03. The molecule has 0 amide bonds. The molecule has 0 aromatic carbocycles. The SMILES string of the molecule is OP(#P)P=PP=PP=PP=PP=PP=PP=PP=PP=PP=PP=PP=PP=PP=PP=PP=PP=PP=PP=PP=PP=PP=PP=PP=PP=PP=PP=PP=PP=PP=PP=PP=PP=PP=PP=PP=P. The maximum absolute atomic E-state index is 9.21. The third-order valence-electron chi connectivity index (χ3n) is 2.88. The van der Waals surface area contributed by atoms with Crippen LogP contribution < -0.4 is 0 Å². The van der Waals surface area contributed by atoms with Gasteiger partial charge in [0.2, 0.25) is 0 Å². The van der Waals surface area contributed by atoms with Gasteiger partial charge in [0.1, 0.15) is 0 Å². The van der Waals surface area contributed by atoms with Crippen LogP contribution in [0.1, 0.15) is 0 Å². The van der Waals surface area contributed by atoms with Crippen LogP contribution in [-0.2, 0) is 0 Å². The van der Waals surface area contributed by atoms with Crippen LogP contribution in [0.15, 0.2) is 0 Å². The molecule has 1 N–H and O–H groups in total. The summed E-state index contributed by atoms with van der Waals surface area (Å²) >= 11 is 0. The van der Waals surface area contributed by atoms with Crippen molar-refractivity contribution in [2.45, 2.75) is 0 Å². The Hall–Kier alpha value is 22.3. The van der Waals surface area contributed by atoms with Crippen molar-refractivity contribution >= 4 is 560 Å². The zero-order valence-corrected chi connectivity index (χ0v) is 99.9. The van der Waals surface area contributed by atoms with E-state index in [2.05, 4.69) is 16.9 Å². The zero-order valence-electron chi connectivity index (χ0n) is 33.6. The first-order chi connectivity index (χ1) is 37.3. The topological polar surface area (TPSA) is 20.2 Å². The van der Waals surface area contributed by atoms with E-state index in [0.717, 1.165) is 7.56 Å². The minimum atomic E-state index is -1.03. The molecule has 0 saturated carbocycles. The van der Waals surface area contributed by atoms with E-state index in [0.29, 0.717) is 0 Å². The minimum absolute atomic E-state index is 1.03. The third kappa shape index (κ3) is 96.3. The summed E-state index contributed by atoms with van der Waals surface area (Å²) in [7, 11) is 119. The Morgan fingerprint density at radius 1 is 0.160 bits per heavy atom. The summed E-state index contributed by atoms with van der Waals surface area (Å²) in [4.78, 5) is 9.21. The van der Waals surface area contributed by atoms with Gasteiger partial charge in [0.25, 0.3) is 0 Å². The first-order valence-electron chi connectivity index (χ1n) is 14.8. The molecule has 378 valence electrons. The van der Waals surface area contributed by atoms with Crippen molar-refractivity contribution in [1.82, 2.24) is 0 Å². The van der Waals surface area contributed by atoms with Crippen LogP contribution in [-0.4, -0.2) is 4.89 Å². The van der Waals surface area contributed by atoms with Gasteiger partial charge < -0.3 is 0 Å². The molecule has 0 fully saturated rings. The van der Waals surface area contributed by atoms with Gasteiger partial charge in [-0.05, 0) is 60.4 Å². The van der Waals surface area contributed by atoms with E-state index in [1.54, 1.807) is 468 Å². The quantitative estimate of drug-likeness (QED) is 0.0627. The molecule has 0 spiro atoms. The Kier molecular flexibility index (Phi) is 122. The van der Waals surface area contributed by atoms with Crippen LogP contribution in [0.3, 0.4) is 0 Å². The van der Waals surface area contributed by atoms with E-state index in [9.17, 15) is 4.89 Å². The van der Waals surface area contributed by atoms with Gasteiger partial charge in [-0.2, -0.15) is 0 Å². The van der Waals surface area contributed by atoms with Crippen molar-refractivity contribution in [3.05, 3.63) is 0 Å². The molecule has 0 aromatic rings. The van der Waals surface area contributed by atoms with Crippen molar-refractivity contribution < 1.29 is 4.89 Å². The summed E-state index contributed by atoms with van der Waals surface area (Å²) in [6.07, 6.45) is 0. The minimum Gasteiger partial charge on any atom is -0.0835 e. The van der Waals surface area contributed by atoms with Crippen LogP contribution >= 0.6 is 560 Å². The Morgan fingerprint density at radius 3 is 0.320 bits per heavy atom. The zero-order chi connectivity index (χ0) is 53.8. The van der Waals surface area contributed by atoms with Gasteiger partial charge in [-0.1, -0.05) is 8.53 Å². The summed E-state index contributed by atoms with van der Waals surface area (Å²) in [5.74, 6) is 0. The van der Waals surface area contributed by atoms with Crippen LogP contribution in [0.5, 0.6) is 0 Å². The molecule has 0 radical (unpaired) electrons. The van der Waals surface area contributed by atoms with Crippen molar-refractivity contribution in [2.75, 3.05) is 0 Å². The van der Waals surface area contributed by atoms with Gasteiger partial charge in [0.15, 0.2) is 0 Å². The first-order valence-corrected chi connectivity index (χ1v) is 132. The second kappa shape index (κ2) is 94.3. The molecule has 1 nitrogen and oxygen atoms in total. The molecule has 0 aliphatic rings. The van der Waals surface area contributed by atoms with E-state index >= 15 is 0 Å². The van der Waals surface area contributed by atoms with Crippen molar-refractivity contribution in [1.29, 1.82) is 0 Å². The fourth-order valence-corrected chi connectivity index (χ4v) is 306. The van der Waals surface area contributed by atoms with Crippen LogP contribution in [0.25, 0.3) is 0 Å². The van der Waals surface area contributed by atoms with Gasteiger partial charge in [-0.15, -0.1) is 0 Å². The van der Waals surface area contributed by atoms with Gasteiger partial charge >= 0.3 is 103 Å². The fraction of sp³-hybridized carbons (Fsp3) is 0. The second-order valence-electron chi connectivity index (χ2n) is 6.63. The predicted molar refractivity (Wildman–Crippen MR) is 516 cm³/mol. The van der Waals surface area contributed by atoms with Gasteiger partial charge in [0, 0.05) is 393 Å². The van der Waals surface area contributed by atoms with Gasteiger partial charge in [-0.3, -0.25) is 0 Å². The summed E-state index contributed by atoms with van der Waals surface area (Å²) in [5, 5.41) is 0. The van der Waals surface area contributed by atoms with Crippen molar-refractivity contribution in [3.8, 4) is 0 Å². The van der Waals surface area contributed by atoms with E-state index in [4.69, 9.17) is 0 Å². The molecule has 0 aliphatic carbocycles. The molecule has 0 heterocycles. The number of hydrogen-bond donors (Lipinski definition) is 1. The summed E-state index contributed by atoms with van der Waals surface area (Å²) in [6, 6.07) is 0. The number of rotatable bonds is 35. The summed E-state index contributed by atoms with van der Waals surface area (Å²) in [5.41, 5.74) is 0. The van der Waals surface area contributed by atoms with Crippen LogP contribution in [0.2, 0.25) is 0 Å². The average molecular weight is 2310 g/mol. The van der Waals surface area contributed by atoms with Gasteiger partial charge in [0.05, 0.1) is 0 Å². The number of hydrogen-bond acceptors (Lipinski definition) is 1. The van der Waals surface area contributed by atoms with Crippen LogP contribution in [0.4, 0.5) is 0 Å². The third-order valence-corrected chi connectivity index (χ3v) is 232. The summed E-state index contributed by atoms with van der Waals surface area (Å²) < 4.78 is 0. The Morgan fingerprint density at radius 2 is 0.240 bits per heavy atom. The second-order valence-corrected chi connectivity index (χ2v) is 176. The molecule has 75 heavy (non-hydrogen) atoms. The van der Waals surface area contributed by atoms with Crippen LogP contribution in [0, 0.1) is 0 Å². The Labute approximate surface area is 556 Å². The maximum atomic E-state index is 9.21. The monoisotopic (exact) mass is 2310 g/mol. The molecular weight excluding hydrogens is 2310 g/mol. The smallest absolute Gasteiger partial charge is 0.0835 e. The van der Waals surface area contributed by atoms with Crippen molar-refractivity contribution in [3.63, 3.8) is 0 Å². The molecule has 0 aromatic heterocycles. The van der Waals surface area contributed by atoms with E-state index in [-0.39, 0.29) is 0 Å². The normalized spacial score (nSPS) is 15.7. The molecule has 0 rings (SSSR count).